The predicted octanol–water partition coefficient (Wildman–Crippen LogP) is 1.76. The zero-order valence-electron chi connectivity index (χ0n) is 13.2. The van der Waals surface area contributed by atoms with Crippen molar-refractivity contribution in [2.45, 2.75) is 64.5 Å². The summed E-state index contributed by atoms with van der Waals surface area (Å²) in [6.07, 6.45) is 6.51. The summed E-state index contributed by atoms with van der Waals surface area (Å²) in [6.45, 7) is 8.98. The Kier molecular flexibility index (Phi) is 6.30. The Balaban J connectivity index is 1.60. The van der Waals surface area contributed by atoms with Crippen molar-refractivity contribution in [1.29, 1.82) is 0 Å². The SMILES string of the molecule is CC(C)N1CCC(NC(=O)CCC2CCCNC2)CC1. The number of hydrogen-bond acceptors (Lipinski definition) is 3. The summed E-state index contributed by atoms with van der Waals surface area (Å²) >= 11 is 0. The van der Waals surface area contributed by atoms with Gasteiger partial charge in [-0.25, -0.2) is 0 Å². The standard InChI is InChI=1S/C16H31N3O/c1-13(2)19-10-7-15(8-11-19)18-16(20)6-5-14-4-3-9-17-12-14/h13-15,17H,3-12H2,1-2H3,(H,18,20). The maximum atomic E-state index is 12.0. The quantitative estimate of drug-likeness (QED) is 0.807. The van der Waals surface area contributed by atoms with Crippen LogP contribution in [0.1, 0.15) is 52.4 Å². The molecule has 2 saturated heterocycles. The highest BCUT2D eigenvalue weighted by Crippen LogP contribution is 2.17. The summed E-state index contributed by atoms with van der Waals surface area (Å²) in [6, 6.07) is 1.03. The minimum Gasteiger partial charge on any atom is -0.353 e. The fraction of sp³-hybridized carbons (Fsp3) is 0.938. The molecule has 4 nitrogen and oxygen atoms in total. The van der Waals surface area contributed by atoms with Gasteiger partial charge in [-0.15, -0.1) is 0 Å². The molecule has 1 amide bonds. The molecule has 2 fully saturated rings. The first-order chi connectivity index (χ1) is 9.65. The Morgan fingerprint density at radius 3 is 2.65 bits per heavy atom. The average Bonchev–Trinajstić information content (AvgIpc) is 2.47. The van der Waals surface area contributed by atoms with Crippen LogP contribution in [-0.2, 0) is 4.79 Å². The van der Waals surface area contributed by atoms with E-state index in [0.717, 1.165) is 45.4 Å². The van der Waals surface area contributed by atoms with E-state index < -0.39 is 0 Å². The van der Waals surface area contributed by atoms with Gasteiger partial charge in [-0.05, 0) is 65.0 Å². The first-order valence-electron chi connectivity index (χ1n) is 8.39. The lowest BCUT2D eigenvalue weighted by Gasteiger charge is -2.35. The van der Waals surface area contributed by atoms with Crippen LogP contribution in [0, 0.1) is 5.92 Å². The van der Waals surface area contributed by atoms with Crippen LogP contribution in [0.15, 0.2) is 0 Å². The summed E-state index contributed by atoms with van der Waals surface area (Å²) in [7, 11) is 0. The van der Waals surface area contributed by atoms with Crippen LogP contribution >= 0.6 is 0 Å². The molecule has 0 aliphatic carbocycles. The fourth-order valence-electron chi connectivity index (χ4n) is 3.37. The molecule has 2 aliphatic rings. The molecule has 20 heavy (non-hydrogen) atoms. The molecular weight excluding hydrogens is 250 g/mol. The van der Waals surface area contributed by atoms with Gasteiger partial charge in [0.05, 0.1) is 0 Å². The molecule has 2 rings (SSSR count). The van der Waals surface area contributed by atoms with Crippen LogP contribution in [0.5, 0.6) is 0 Å². The van der Waals surface area contributed by atoms with Gasteiger partial charge in [-0.3, -0.25) is 4.79 Å². The van der Waals surface area contributed by atoms with Crippen molar-refractivity contribution in [2.24, 2.45) is 5.92 Å². The van der Waals surface area contributed by atoms with Crippen LogP contribution in [0.25, 0.3) is 0 Å². The third kappa shape index (κ3) is 5.06. The molecule has 0 radical (unpaired) electrons. The van der Waals surface area contributed by atoms with Crippen LogP contribution in [0.3, 0.4) is 0 Å². The van der Waals surface area contributed by atoms with Crippen molar-refractivity contribution in [2.75, 3.05) is 26.2 Å². The van der Waals surface area contributed by atoms with Crippen molar-refractivity contribution >= 4 is 5.91 Å². The fourth-order valence-corrected chi connectivity index (χ4v) is 3.37. The Bertz CT molecular complexity index is 292. The molecule has 4 heteroatoms. The molecule has 116 valence electrons. The first kappa shape index (κ1) is 15.8. The molecule has 0 saturated carbocycles. The molecule has 0 bridgehead atoms. The third-order valence-corrected chi connectivity index (χ3v) is 4.80. The molecule has 1 atom stereocenters. The second kappa shape index (κ2) is 7.99. The highest BCUT2D eigenvalue weighted by Gasteiger charge is 2.22. The number of carbonyl (C=O) groups is 1. The Morgan fingerprint density at radius 2 is 2.05 bits per heavy atom. The van der Waals surface area contributed by atoms with E-state index in [1.54, 1.807) is 0 Å². The summed E-state index contributed by atoms with van der Waals surface area (Å²) < 4.78 is 0. The van der Waals surface area contributed by atoms with Crippen LogP contribution in [0.4, 0.5) is 0 Å². The normalized spacial score (nSPS) is 25.9. The van der Waals surface area contributed by atoms with Gasteiger partial charge in [-0.1, -0.05) is 0 Å². The molecule has 2 N–H and O–H groups in total. The number of amides is 1. The smallest absolute Gasteiger partial charge is 0.220 e. The molecule has 1 unspecified atom stereocenters. The number of hydrogen-bond donors (Lipinski definition) is 2. The molecule has 0 spiro atoms. The van der Waals surface area contributed by atoms with E-state index in [-0.39, 0.29) is 5.91 Å². The minimum atomic E-state index is 0.263. The maximum Gasteiger partial charge on any atom is 0.220 e. The molecule has 2 heterocycles. The lowest BCUT2D eigenvalue weighted by molar-refractivity contribution is -0.122. The maximum absolute atomic E-state index is 12.0. The van der Waals surface area contributed by atoms with Gasteiger partial charge >= 0.3 is 0 Å². The lowest BCUT2D eigenvalue weighted by atomic mass is 9.94. The second-order valence-corrected chi connectivity index (χ2v) is 6.72. The van der Waals surface area contributed by atoms with Crippen molar-refractivity contribution in [3.8, 4) is 0 Å². The van der Waals surface area contributed by atoms with E-state index in [9.17, 15) is 4.79 Å². The van der Waals surface area contributed by atoms with E-state index in [2.05, 4.69) is 29.4 Å². The topological polar surface area (TPSA) is 44.4 Å². The molecule has 0 aromatic carbocycles. The van der Waals surface area contributed by atoms with E-state index in [0.29, 0.717) is 24.4 Å². The van der Waals surface area contributed by atoms with Gasteiger partial charge in [0.25, 0.3) is 0 Å². The van der Waals surface area contributed by atoms with Gasteiger partial charge < -0.3 is 15.5 Å². The third-order valence-electron chi connectivity index (χ3n) is 4.80. The van der Waals surface area contributed by atoms with E-state index in [1.807, 2.05) is 0 Å². The van der Waals surface area contributed by atoms with Crippen molar-refractivity contribution in [3.63, 3.8) is 0 Å². The van der Waals surface area contributed by atoms with Gasteiger partial charge in [0.15, 0.2) is 0 Å². The monoisotopic (exact) mass is 281 g/mol. The number of likely N-dealkylation sites (tertiary alicyclic amines) is 1. The summed E-state index contributed by atoms with van der Waals surface area (Å²) in [5.74, 6) is 0.968. The number of nitrogens with zero attached hydrogens (tertiary/aromatic N) is 1. The largest absolute Gasteiger partial charge is 0.353 e. The number of nitrogens with one attached hydrogen (secondary N) is 2. The number of rotatable bonds is 5. The van der Waals surface area contributed by atoms with Crippen LogP contribution in [0.2, 0.25) is 0 Å². The molecule has 0 aromatic rings. The highest BCUT2D eigenvalue weighted by atomic mass is 16.1. The number of carbonyl (C=O) groups excluding carboxylic acids is 1. The minimum absolute atomic E-state index is 0.263. The first-order valence-corrected chi connectivity index (χ1v) is 8.39. The highest BCUT2D eigenvalue weighted by molar-refractivity contribution is 5.76. The second-order valence-electron chi connectivity index (χ2n) is 6.72. The van der Waals surface area contributed by atoms with Gasteiger partial charge in [0.2, 0.25) is 5.91 Å². The zero-order valence-corrected chi connectivity index (χ0v) is 13.2. The summed E-state index contributed by atoms with van der Waals surface area (Å²) in [5.41, 5.74) is 0. The summed E-state index contributed by atoms with van der Waals surface area (Å²) in [5, 5.41) is 6.65. The van der Waals surface area contributed by atoms with Crippen molar-refractivity contribution < 1.29 is 4.79 Å². The molecule has 2 aliphatic heterocycles. The van der Waals surface area contributed by atoms with E-state index in [1.165, 1.54) is 12.8 Å². The van der Waals surface area contributed by atoms with Crippen LogP contribution in [-0.4, -0.2) is 49.1 Å². The predicted molar refractivity (Wildman–Crippen MR) is 82.7 cm³/mol. The van der Waals surface area contributed by atoms with Crippen LogP contribution < -0.4 is 10.6 Å². The Hall–Kier alpha value is -0.610. The molecular formula is C16H31N3O. The summed E-state index contributed by atoms with van der Waals surface area (Å²) in [4.78, 5) is 14.5. The van der Waals surface area contributed by atoms with Gasteiger partial charge in [0, 0.05) is 31.6 Å². The Labute approximate surface area is 123 Å². The lowest BCUT2D eigenvalue weighted by Crippen LogP contribution is -2.46. The van der Waals surface area contributed by atoms with Crippen molar-refractivity contribution in [3.05, 3.63) is 0 Å². The Morgan fingerprint density at radius 1 is 1.30 bits per heavy atom. The van der Waals surface area contributed by atoms with E-state index in [4.69, 9.17) is 0 Å². The number of piperidine rings is 2. The van der Waals surface area contributed by atoms with Crippen molar-refractivity contribution in [1.82, 2.24) is 15.5 Å². The average molecular weight is 281 g/mol. The molecule has 0 aromatic heterocycles. The zero-order chi connectivity index (χ0) is 14.4. The van der Waals surface area contributed by atoms with Gasteiger partial charge in [-0.2, -0.15) is 0 Å². The van der Waals surface area contributed by atoms with Gasteiger partial charge in [0.1, 0.15) is 0 Å². The van der Waals surface area contributed by atoms with E-state index >= 15 is 0 Å².